The monoisotopic (exact) mass is 194 g/mol. The Morgan fingerprint density at radius 3 is 2.64 bits per heavy atom. The lowest BCUT2D eigenvalue weighted by Crippen LogP contribution is -2.12. The highest BCUT2D eigenvalue weighted by atomic mass is 16.5. The second-order valence-electron chi connectivity index (χ2n) is 3.82. The minimum atomic E-state index is -0.210. The van der Waals surface area contributed by atoms with Gasteiger partial charge in [0.1, 0.15) is 11.5 Å². The van der Waals surface area contributed by atoms with E-state index in [0.29, 0.717) is 0 Å². The molecule has 0 amide bonds. The topological polar surface area (TPSA) is 49.7 Å². The molecule has 0 aromatic heterocycles. The maximum atomic E-state index is 9.67. The molecule has 3 nitrogen and oxygen atoms in total. The van der Waals surface area contributed by atoms with Crippen LogP contribution in [-0.4, -0.2) is 23.9 Å². The minimum Gasteiger partial charge on any atom is -0.508 e. The van der Waals surface area contributed by atoms with Gasteiger partial charge in [-0.25, -0.2) is 0 Å². The molecule has 1 aliphatic rings. The van der Waals surface area contributed by atoms with Gasteiger partial charge in [-0.15, -0.1) is 0 Å². The van der Waals surface area contributed by atoms with Gasteiger partial charge in [-0.2, -0.15) is 0 Å². The fourth-order valence-corrected chi connectivity index (χ4v) is 1.73. The molecule has 0 bridgehead atoms. The number of aromatic hydroxyl groups is 1. The quantitative estimate of drug-likeness (QED) is 0.765. The maximum absolute atomic E-state index is 9.67. The van der Waals surface area contributed by atoms with Crippen molar-refractivity contribution in [2.45, 2.75) is 18.3 Å². The summed E-state index contributed by atoms with van der Waals surface area (Å²) >= 11 is 0. The van der Waals surface area contributed by atoms with Crippen molar-refractivity contribution in [2.24, 2.45) is 0 Å². The molecule has 0 saturated heterocycles. The van der Waals surface area contributed by atoms with Crippen molar-refractivity contribution in [3.63, 3.8) is 0 Å². The number of hydrogen-bond acceptors (Lipinski definition) is 3. The third-order valence-corrected chi connectivity index (χ3v) is 2.93. The predicted molar refractivity (Wildman–Crippen MR) is 52.7 cm³/mol. The largest absolute Gasteiger partial charge is 0.508 e. The van der Waals surface area contributed by atoms with Crippen LogP contribution in [0.25, 0.3) is 0 Å². The van der Waals surface area contributed by atoms with Crippen LogP contribution in [0.1, 0.15) is 18.4 Å². The second-order valence-corrected chi connectivity index (χ2v) is 3.82. The summed E-state index contributed by atoms with van der Waals surface area (Å²) < 4.78 is 5.08. The number of benzene rings is 1. The van der Waals surface area contributed by atoms with Gasteiger partial charge in [-0.1, -0.05) is 0 Å². The molecule has 76 valence electrons. The van der Waals surface area contributed by atoms with Crippen LogP contribution in [0.4, 0.5) is 0 Å². The standard InChI is InChI=1S/C11H14O3/c1-14-8-2-3-10(13)9(6-8)11(7-12)4-5-11/h2-3,6,12-13H,4-5,7H2,1H3. The van der Waals surface area contributed by atoms with Crippen LogP contribution in [0.15, 0.2) is 18.2 Å². The Kier molecular flexibility index (Phi) is 2.11. The number of phenols is 1. The fourth-order valence-electron chi connectivity index (χ4n) is 1.73. The van der Waals surface area contributed by atoms with Crippen LogP contribution < -0.4 is 4.74 Å². The van der Waals surface area contributed by atoms with Gasteiger partial charge in [0.25, 0.3) is 0 Å². The summed E-state index contributed by atoms with van der Waals surface area (Å²) in [6, 6.07) is 5.13. The molecule has 1 aliphatic carbocycles. The van der Waals surface area contributed by atoms with Crippen molar-refractivity contribution < 1.29 is 14.9 Å². The zero-order valence-electron chi connectivity index (χ0n) is 8.16. The first-order chi connectivity index (χ1) is 6.72. The predicted octanol–water partition coefficient (Wildman–Crippen LogP) is 1.42. The molecule has 2 N–H and O–H groups in total. The number of ether oxygens (including phenoxy) is 1. The Bertz CT molecular complexity index is 342. The first kappa shape index (κ1) is 9.34. The Balaban J connectivity index is 2.41. The van der Waals surface area contributed by atoms with Gasteiger partial charge >= 0.3 is 0 Å². The van der Waals surface area contributed by atoms with E-state index in [1.54, 1.807) is 25.3 Å². The molecular formula is C11H14O3. The van der Waals surface area contributed by atoms with E-state index in [4.69, 9.17) is 4.74 Å². The van der Waals surface area contributed by atoms with E-state index in [1.165, 1.54) is 0 Å². The smallest absolute Gasteiger partial charge is 0.119 e. The lowest BCUT2D eigenvalue weighted by Gasteiger charge is -2.14. The summed E-state index contributed by atoms with van der Waals surface area (Å²) in [5, 5.41) is 18.9. The average molecular weight is 194 g/mol. The zero-order chi connectivity index (χ0) is 10.2. The summed E-state index contributed by atoms with van der Waals surface area (Å²) in [5.41, 5.74) is 0.595. The molecule has 3 heteroatoms. The molecule has 0 aliphatic heterocycles. The number of rotatable bonds is 3. The summed E-state index contributed by atoms with van der Waals surface area (Å²) in [6.07, 6.45) is 1.87. The lowest BCUT2D eigenvalue weighted by atomic mass is 9.96. The van der Waals surface area contributed by atoms with Crippen LogP contribution in [0.2, 0.25) is 0 Å². The summed E-state index contributed by atoms with van der Waals surface area (Å²) in [7, 11) is 1.59. The van der Waals surface area contributed by atoms with Crippen molar-refractivity contribution in [2.75, 3.05) is 13.7 Å². The second kappa shape index (κ2) is 3.17. The van der Waals surface area contributed by atoms with Crippen molar-refractivity contribution in [1.82, 2.24) is 0 Å². The molecule has 0 atom stereocenters. The van der Waals surface area contributed by atoms with Gasteiger partial charge in [0.05, 0.1) is 13.7 Å². The molecule has 1 fully saturated rings. The number of aliphatic hydroxyl groups excluding tert-OH is 1. The van der Waals surface area contributed by atoms with Crippen LogP contribution in [0.5, 0.6) is 11.5 Å². The van der Waals surface area contributed by atoms with E-state index in [-0.39, 0.29) is 17.8 Å². The third-order valence-electron chi connectivity index (χ3n) is 2.93. The van der Waals surface area contributed by atoms with E-state index in [9.17, 15) is 10.2 Å². The van der Waals surface area contributed by atoms with Gasteiger partial charge in [-0.3, -0.25) is 0 Å². The highest BCUT2D eigenvalue weighted by Gasteiger charge is 2.45. The Morgan fingerprint density at radius 1 is 1.43 bits per heavy atom. The van der Waals surface area contributed by atoms with Gasteiger partial charge in [0.15, 0.2) is 0 Å². The number of aliphatic hydroxyl groups is 1. The molecule has 1 aromatic rings. The van der Waals surface area contributed by atoms with Gasteiger partial charge < -0.3 is 14.9 Å². The zero-order valence-corrected chi connectivity index (χ0v) is 8.16. The Labute approximate surface area is 83.0 Å². The fraction of sp³-hybridized carbons (Fsp3) is 0.455. The normalized spacial score (nSPS) is 17.9. The molecule has 0 radical (unpaired) electrons. The van der Waals surface area contributed by atoms with Crippen LogP contribution in [0.3, 0.4) is 0 Å². The summed E-state index contributed by atoms with van der Waals surface area (Å²) in [5.74, 6) is 0.967. The van der Waals surface area contributed by atoms with Crippen molar-refractivity contribution in [3.8, 4) is 11.5 Å². The van der Waals surface area contributed by atoms with Crippen LogP contribution in [0, 0.1) is 0 Å². The SMILES string of the molecule is COc1ccc(O)c(C2(CO)CC2)c1. The van der Waals surface area contributed by atoms with Crippen molar-refractivity contribution in [3.05, 3.63) is 23.8 Å². The van der Waals surface area contributed by atoms with E-state index in [0.717, 1.165) is 24.2 Å². The molecule has 14 heavy (non-hydrogen) atoms. The van der Waals surface area contributed by atoms with E-state index < -0.39 is 0 Å². The van der Waals surface area contributed by atoms with Gasteiger partial charge in [-0.05, 0) is 31.0 Å². The Hall–Kier alpha value is -1.22. The van der Waals surface area contributed by atoms with Crippen LogP contribution >= 0.6 is 0 Å². The lowest BCUT2D eigenvalue weighted by molar-refractivity contribution is 0.251. The minimum absolute atomic E-state index is 0.0910. The average Bonchev–Trinajstić information content (AvgIpc) is 2.99. The third kappa shape index (κ3) is 1.34. The number of methoxy groups -OCH3 is 1. The highest BCUT2D eigenvalue weighted by molar-refractivity contribution is 5.46. The summed E-state index contributed by atoms with van der Waals surface area (Å²) in [4.78, 5) is 0. The first-order valence-corrected chi connectivity index (χ1v) is 4.70. The molecule has 0 spiro atoms. The molecule has 1 saturated carbocycles. The Morgan fingerprint density at radius 2 is 2.14 bits per heavy atom. The first-order valence-electron chi connectivity index (χ1n) is 4.70. The molecule has 0 unspecified atom stereocenters. The maximum Gasteiger partial charge on any atom is 0.119 e. The van der Waals surface area contributed by atoms with Crippen LogP contribution in [-0.2, 0) is 5.41 Å². The van der Waals surface area contributed by atoms with Gasteiger partial charge in [0.2, 0.25) is 0 Å². The molecule has 1 aromatic carbocycles. The van der Waals surface area contributed by atoms with Gasteiger partial charge in [0, 0.05) is 11.0 Å². The number of phenolic OH excluding ortho intramolecular Hbond substituents is 1. The molecule has 2 rings (SSSR count). The van der Waals surface area contributed by atoms with Crippen molar-refractivity contribution >= 4 is 0 Å². The van der Waals surface area contributed by atoms with Crippen molar-refractivity contribution in [1.29, 1.82) is 0 Å². The molecule has 0 heterocycles. The molecular weight excluding hydrogens is 180 g/mol. The summed E-state index contributed by atoms with van der Waals surface area (Å²) in [6.45, 7) is 0.0910. The number of hydrogen-bond donors (Lipinski definition) is 2. The highest BCUT2D eigenvalue weighted by Crippen LogP contribution is 2.51. The van der Waals surface area contributed by atoms with E-state index >= 15 is 0 Å². The van der Waals surface area contributed by atoms with E-state index in [1.807, 2.05) is 0 Å². The van der Waals surface area contributed by atoms with E-state index in [2.05, 4.69) is 0 Å².